The SMILES string of the molecule is CCCC(=O)Nc1ccc2c(c1)OC[C@H](C)N(CC1CCOCC1)C[C@H](C)[C@@H](OC)CN(C)C2=O. The number of rotatable bonds is 6. The minimum atomic E-state index is -0.118. The Morgan fingerprint density at radius 1 is 1.20 bits per heavy atom. The van der Waals surface area contributed by atoms with Crippen molar-refractivity contribution < 1.29 is 23.8 Å². The van der Waals surface area contributed by atoms with Crippen LogP contribution in [0.3, 0.4) is 0 Å². The van der Waals surface area contributed by atoms with Crippen LogP contribution in [-0.2, 0) is 14.3 Å². The summed E-state index contributed by atoms with van der Waals surface area (Å²) in [6.07, 6.45) is 3.30. The van der Waals surface area contributed by atoms with Crippen molar-refractivity contribution in [2.45, 2.75) is 58.6 Å². The summed E-state index contributed by atoms with van der Waals surface area (Å²) in [7, 11) is 3.52. The molecule has 0 aliphatic carbocycles. The first-order chi connectivity index (χ1) is 16.8. The number of amides is 2. The van der Waals surface area contributed by atoms with Crippen LogP contribution in [0.1, 0.15) is 56.8 Å². The number of hydrogen-bond donors (Lipinski definition) is 1. The van der Waals surface area contributed by atoms with Gasteiger partial charge in [-0.25, -0.2) is 0 Å². The third-order valence-corrected chi connectivity index (χ3v) is 7.17. The molecule has 0 spiro atoms. The van der Waals surface area contributed by atoms with Gasteiger partial charge in [0.2, 0.25) is 5.91 Å². The first-order valence-corrected chi connectivity index (χ1v) is 13.0. The number of carbonyl (C=O) groups is 2. The Morgan fingerprint density at radius 3 is 2.63 bits per heavy atom. The molecule has 2 aliphatic heterocycles. The standard InChI is InChI=1S/C27H43N3O5/c1-6-7-26(31)28-22-8-9-23-24(14-22)35-18-20(3)30(16-21-10-12-34-13-11-21)15-19(2)25(33-5)17-29(4)27(23)32/h8-9,14,19-21,25H,6-7,10-13,15-18H2,1-5H3,(H,28,31)/t19-,20-,25-/m0/s1. The molecule has 3 rings (SSSR count). The molecule has 0 saturated carbocycles. The minimum absolute atomic E-state index is 0.0445. The van der Waals surface area contributed by atoms with E-state index in [1.165, 1.54) is 0 Å². The summed E-state index contributed by atoms with van der Waals surface area (Å²) < 4.78 is 17.7. The summed E-state index contributed by atoms with van der Waals surface area (Å²) in [5.74, 6) is 1.18. The summed E-state index contributed by atoms with van der Waals surface area (Å²) in [5, 5.41) is 2.92. The molecule has 35 heavy (non-hydrogen) atoms. The lowest BCUT2D eigenvalue weighted by molar-refractivity contribution is -0.116. The third-order valence-electron chi connectivity index (χ3n) is 7.17. The van der Waals surface area contributed by atoms with Gasteiger partial charge in [-0.05, 0) is 50.2 Å². The van der Waals surface area contributed by atoms with Gasteiger partial charge >= 0.3 is 0 Å². The fourth-order valence-electron chi connectivity index (χ4n) is 4.89. The molecular formula is C27H43N3O5. The van der Waals surface area contributed by atoms with Crippen LogP contribution in [0.5, 0.6) is 5.75 Å². The molecule has 1 saturated heterocycles. The molecule has 8 nitrogen and oxygen atoms in total. The number of carbonyl (C=O) groups excluding carboxylic acids is 2. The van der Waals surface area contributed by atoms with Gasteiger partial charge in [0.1, 0.15) is 12.4 Å². The van der Waals surface area contributed by atoms with Crippen LogP contribution in [0.4, 0.5) is 5.69 Å². The minimum Gasteiger partial charge on any atom is -0.491 e. The maximum atomic E-state index is 13.3. The number of methoxy groups -OCH3 is 1. The average molecular weight is 490 g/mol. The van der Waals surface area contributed by atoms with E-state index >= 15 is 0 Å². The van der Waals surface area contributed by atoms with Crippen LogP contribution in [0, 0.1) is 11.8 Å². The maximum Gasteiger partial charge on any atom is 0.257 e. The fourth-order valence-corrected chi connectivity index (χ4v) is 4.89. The van der Waals surface area contributed by atoms with Crippen molar-refractivity contribution in [2.75, 3.05) is 58.9 Å². The molecule has 8 heteroatoms. The number of likely N-dealkylation sites (N-methyl/N-ethyl adjacent to an activating group) is 1. The van der Waals surface area contributed by atoms with Gasteiger partial charge in [-0.15, -0.1) is 0 Å². The van der Waals surface area contributed by atoms with E-state index < -0.39 is 0 Å². The predicted molar refractivity (Wildman–Crippen MR) is 137 cm³/mol. The van der Waals surface area contributed by atoms with Gasteiger partial charge in [0, 0.05) is 71.2 Å². The first-order valence-electron chi connectivity index (χ1n) is 13.0. The zero-order chi connectivity index (χ0) is 25.4. The Morgan fingerprint density at radius 2 is 1.94 bits per heavy atom. The quantitative estimate of drug-likeness (QED) is 0.657. The zero-order valence-corrected chi connectivity index (χ0v) is 22.0. The third kappa shape index (κ3) is 7.66. The summed E-state index contributed by atoms with van der Waals surface area (Å²) >= 11 is 0. The van der Waals surface area contributed by atoms with Gasteiger partial charge in [-0.2, -0.15) is 0 Å². The number of ether oxygens (including phenoxy) is 3. The fraction of sp³-hybridized carbons (Fsp3) is 0.704. The molecule has 0 radical (unpaired) electrons. The number of benzene rings is 1. The van der Waals surface area contributed by atoms with Crippen molar-refractivity contribution in [3.8, 4) is 5.75 Å². The van der Waals surface area contributed by atoms with Gasteiger partial charge in [0.15, 0.2) is 0 Å². The van der Waals surface area contributed by atoms with Crippen molar-refractivity contribution in [1.29, 1.82) is 0 Å². The van der Waals surface area contributed by atoms with E-state index in [1.54, 1.807) is 37.3 Å². The molecule has 0 bridgehead atoms. The van der Waals surface area contributed by atoms with Crippen molar-refractivity contribution in [2.24, 2.45) is 11.8 Å². The Kier molecular flexibility index (Phi) is 10.4. The number of hydrogen-bond acceptors (Lipinski definition) is 6. The molecular weight excluding hydrogens is 446 g/mol. The van der Waals surface area contributed by atoms with Crippen LogP contribution in [0.25, 0.3) is 0 Å². The second-order valence-corrected chi connectivity index (χ2v) is 10.1. The van der Waals surface area contributed by atoms with Crippen LogP contribution in [0.2, 0.25) is 0 Å². The molecule has 1 aromatic rings. The van der Waals surface area contributed by atoms with E-state index in [4.69, 9.17) is 14.2 Å². The van der Waals surface area contributed by atoms with Crippen LogP contribution in [0.15, 0.2) is 18.2 Å². The normalized spacial score (nSPS) is 25.2. The summed E-state index contributed by atoms with van der Waals surface area (Å²) in [6, 6.07) is 5.44. The molecule has 0 aromatic heterocycles. The molecule has 1 fully saturated rings. The van der Waals surface area contributed by atoms with Crippen LogP contribution >= 0.6 is 0 Å². The number of fused-ring (bicyclic) bond motifs is 1. The Hall–Kier alpha value is -2.16. The van der Waals surface area contributed by atoms with Crippen molar-refractivity contribution in [3.63, 3.8) is 0 Å². The van der Waals surface area contributed by atoms with E-state index in [0.717, 1.165) is 45.6 Å². The van der Waals surface area contributed by atoms with Gasteiger partial charge < -0.3 is 24.4 Å². The molecule has 0 unspecified atom stereocenters. The lowest BCUT2D eigenvalue weighted by atomic mass is 9.96. The first kappa shape index (κ1) is 27.4. The van der Waals surface area contributed by atoms with Gasteiger partial charge in [-0.3, -0.25) is 14.5 Å². The lowest BCUT2D eigenvalue weighted by Gasteiger charge is -2.38. The Labute approximate surface area is 210 Å². The van der Waals surface area contributed by atoms with Crippen molar-refractivity contribution in [3.05, 3.63) is 23.8 Å². The summed E-state index contributed by atoms with van der Waals surface area (Å²) in [6.45, 7) is 10.8. The molecule has 2 amide bonds. The Bertz CT molecular complexity index is 842. The van der Waals surface area contributed by atoms with Crippen molar-refractivity contribution >= 4 is 17.5 Å². The molecule has 3 atom stereocenters. The van der Waals surface area contributed by atoms with E-state index in [-0.39, 0.29) is 29.9 Å². The number of anilines is 1. The second kappa shape index (κ2) is 13.2. The predicted octanol–water partition coefficient (Wildman–Crippen LogP) is 3.66. The van der Waals surface area contributed by atoms with E-state index in [2.05, 4.69) is 24.1 Å². The van der Waals surface area contributed by atoms with Gasteiger partial charge in [0.05, 0.1) is 11.7 Å². The molecule has 2 aliphatic rings. The largest absolute Gasteiger partial charge is 0.491 e. The summed E-state index contributed by atoms with van der Waals surface area (Å²) in [4.78, 5) is 29.7. The monoisotopic (exact) mass is 489 g/mol. The smallest absolute Gasteiger partial charge is 0.257 e. The zero-order valence-electron chi connectivity index (χ0n) is 22.0. The van der Waals surface area contributed by atoms with E-state index in [0.29, 0.717) is 42.5 Å². The van der Waals surface area contributed by atoms with Crippen molar-refractivity contribution in [1.82, 2.24) is 9.80 Å². The van der Waals surface area contributed by atoms with Gasteiger partial charge in [-0.1, -0.05) is 13.8 Å². The summed E-state index contributed by atoms with van der Waals surface area (Å²) in [5.41, 5.74) is 1.13. The van der Waals surface area contributed by atoms with Crippen LogP contribution < -0.4 is 10.1 Å². The number of nitrogens with zero attached hydrogens (tertiary/aromatic N) is 2. The van der Waals surface area contributed by atoms with E-state index in [1.807, 2.05) is 6.92 Å². The lowest BCUT2D eigenvalue weighted by Crippen LogP contribution is -2.48. The van der Waals surface area contributed by atoms with Gasteiger partial charge in [0.25, 0.3) is 5.91 Å². The highest BCUT2D eigenvalue weighted by Crippen LogP contribution is 2.27. The average Bonchev–Trinajstić information content (AvgIpc) is 2.85. The maximum absolute atomic E-state index is 13.3. The highest BCUT2D eigenvalue weighted by molar-refractivity contribution is 5.98. The van der Waals surface area contributed by atoms with E-state index in [9.17, 15) is 9.59 Å². The second-order valence-electron chi connectivity index (χ2n) is 10.1. The number of nitrogens with one attached hydrogen (secondary N) is 1. The highest BCUT2D eigenvalue weighted by Gasteiger charge is 2.30. The molecule has 196 valence electrons. The Balaban J connectivity index is 1.88. The topological polar surface area (TPSA) is 80.3 Å². The van der Waals surface area contributed by atoms with Crippen LogP contribution in [-0.4, -0.2) is 87.4 Å². The highest BCUT2D eigenvalue weighted by atomic mass is 16.5. The molecule has 1 N–H and O–H groups in total. The molecule has 2 heterocycles. The molecule has 1 aromatic carbocycles.